The number of amides is 1. The van der Waals surface area contributed by atoms with E-state index in [1.54, 1.807) is 0 Å². The molecule has 1 aromatic carbocycles. The highest BCUT2D eigenvalue weighted by Gasteiger charge is 2.22. The molecule has 1 atom stereocenters. The van der Waals surface area contributed by atoms with E-state index in [9.17, 15) is 9.90 Å². The molecule has 1 N–H and O–H groups in total. The van der Waals surface area contributed by atoms with Gasteiger partial charge in [-0.3, -0.25) is 9.69 Å². The molecule has 0 radical (unpaired) electrons. The third-order valence-corrected chi connectivity index (χ3v) is 5.08. The number of aliphatic hydroxyl groups excluding tert-OH is 1. The van der Waals surface area contributed by atoms with Gasteiger partial charge in [-0.1, -0.05) is 36.4 Å². The maximum Gasteiger partial charge on any atom is 0.263 e. The SMILES string of the molecule is O=C(c1cccs1)N1CCCN(C[C@@H](O)c2ccccc2)CC1. The second kappa shape index (κ2) is 7.73. The summed E-state index contributed by atoms with van der Waals surface area (Å²) < 4.78 is 0. The van der Waals surface area contributed by atoms with Crippen molar-refractivity contribution in [1.29, 1.82) is 0 Å². The fourth-order valence-corrected chi connectivity index (χ4v) is 3.63. The lowest BCUT2D eigenvalue weighted by atomic mass is 10.1. The van der Waals surface area contributed by atoms with Gasteiger partial charge in [-0.25, -0.2) is 0 Å². The lowest BCUT2D eigenvalue weighted by Gasteiger charge is -2.24. The maximum atomic E-state index is 12.4. The minimum Gasteiger partial charge on any atom is -0.387 e. The van der Waals surface area contributed by atoms with Crippen molar-refractivity contribution in [2.45, 2.75) is 12.5 Å². The molecule has 5 heteroatoms. The van der Waals surface area contributed by atoms with Gasteiger partial charge in [0, 0.05) is 32.7 Å². The van der Waals surface area contributed by atoms with Gasteiger partial charge in [-0.15, -0.1) is 11.3 Å². The van der Waals surface area contributed by atoms with Gasteiger partial charge in [-0.2, -0.15) is 0 Å². The molecular weight excluding hydrogens is 308 g/mol. The summed E-state index contributed by atoms with van der Waals surface area (Å²) in [6, 6.07) is 13.6. The van der Waals surface area contributed by atoms with Gasteiger partial charge in [0.2, 0.25) is 0 Å². The number of nitrogens with zero attached hydrogens (tertiary/aromatic N) is 2. The van der Waals surface area contributed by atoms with E-state index >= 15 is 0 Å². The molecule has 23 heavy (non-hydrogen) atoms. The Morgan fingerprint density at radius 3 is 2.65 bits per heavy atom. The summed E-state index contributed by atoms with van der Waals surface area (Å²) >= 11 is 1.50. The molecule has 1 fully saturated rings. The van der Waals surface area contributed by atoms with Crippen LogP contribution < -0.4 is 0 Å². The van der Waals surface area contributed by atoms with E-state index in [-0.39, 0.29) is 5.91 Å². The number of hydrogen-bond donors (Lipinski definition) is 1. The van der Waals surface area contributed by atoms with Crippen molar-refractivity contribution in [3.63, 3.8) is 0 Å². The van der Waals surface area contributed by atoms with E-state index in [1.807, 2.05) is 52.7 Å². The minimum atomic E-state index is -0.476. The predicted molar refractivity (Wildman–Crippen MR) is 92.7 cm³/mol. The first-order valence-electron chi connectivity index (χ1n) is 8.02. The fraction of sp³-hybridized carbons (Fsp3) is 0.389. The molecule has 0 bridgehead atoms. The summed E-state index contributed by atoms with van der Waals surface area (Å²) in [6.07, 6.45) is 0.467. The number of β-amino-alcohol motifs (C(OH)–C–C–N with tert-alkyl or cyclic N) is 1. The molecule has 3 rings (SSSR count). The van der Waals surface area contributed by atoms with Crippen molar-refractivity contribution in [3.8, 4) is 0 Å². The lowest BCUT2D eigenvalue weighted by Crippen LogP contribution is -2.36. The number of aliphatic hydroxyl groups is 1. The highest BCUT2D eigenvalue weighted by Crippen LogP contribution is 2.17. The summed E-state index contributed by atoms with van der Waals surface area (Å²) in [4.78, 5) is 17.4. The van der Waals surface area contributed by atoms with Crippen LogP contribution in [-0.2, 0) is 0 Å². The van der Waals surface area contributed by atoms with Crippen LogP contribution in [0.1, 0.15) is 27.8 Å². The zero-order chi connectivity index (χ0) is 16.1. The molecule has 4 nitrogen and oxygen atoms in total. The molecule has 1 aromatic heterocycles. The van der Waals surface area contributed by atoms with Crippen LogP contribution in [0.2, 0.25) is 0 Å². The summed E-state index contributed by atoms with van der Waals surface area (Å²) in [5.41, 5.74) is 0.947. The Morgan fingerprint density at radius 1 is 1.09 bits per heavy atom. The van der Waals surface area contributed by atoms with Gasteiger partial charge in [0.05, 0.1) is 11.0 Å². The number of hydrogen-bond acceptors (Lipinski definition) is 4. The standard InChI is InChI=1S/C18H22N2O2S/c21-16(15-6-2-1-3-7-15)14-19-9-5-10-20(12-11-19)18(22)17-8-4-13-23-17/h1-4,6-8,13,16,21H,5,9-12,14H2/t16-/m1/s1. The van der Waals surface area contributed by atoms with Crippen molar-refractivity contribution >= 4 is 17.2 Å². The maximum absolute atomic E-state index is 12.4. The number of carbonyl (C=O) groups is 1. The highest BCUT2D eigenvalue weighted by atomic mass is 32.1. The van der Waals surface area contributed by atoms with Crippen molar-refractivity contribution in [2.24, 2.45) is 0 Å². The van der Waals surface area contributed by atoms with Gasteiger partial charge in [0.25, 0.3) is 5.91 Å². The zero-order valence-corrected chi connectivity index (χ0v) is 13.9. The van der Waals surface area contributed by atoms with Gasteiger partial charge in [0.1, 0.15) is 0 Å². The van der Waals surface area contributed by atoms with E-state index < -0.39 is 6.10 Å². The van der Waals surface area contributed by atoms with Crippen LogP contribution in [-0.4, -0.2) is 53.5 Å². The molecule has 1 amide bonds. The molecule has 122 valence electrons. The van der Waals surface area contributed by atoms with Crippen molar-refractivity contribution in [3.05, 3.63) is 58.3 Å². The number of rotatable bonds is 4. The zero-order valence-electron chi connectivity index (χ0n) is 13.1. The Kier molecular flexibility index (Phi) is 5.43. The molecule has 2 heterocycles. The second-order valence-electron chi connectivity index (χ2n) is 5.85. The normalized spacial score (nSPS) is 17.7. The molecule has 0 spiro atoms. The van der Waals surface area contributed by atoms with Crippen LogP contribution in [0.4, 0.5) is 0 Å². The van der Waals surface area contributed by atoms with E-state index in [1.165, 1.54) is 11.3 Å². The fourth-order valence-electron chi connectivity index (χ4n) is 2.94. The average molecular weight is 330 g/mol. The quantitative estimate of drug-likeness (QED) is 0.937. The number of carbonyl (C=O) groups excluding carboxylic acids is 1. The highest BCUT2D eigenvalue weighted by molar-refractivity contribution is 7.12. The van der Waals surface area contributed by atoms with E-state index in [0.717, 1.165) is 43.0 Å². The molecule has 0 unspecified atom stereocenters. The minimum absolute atomic E-state index is 0.130. The first-order chi connectivity index (χ1) is 11.2. The Bertz CT molecular complexity index is 615. The Balaban J connectivity index is 1.55. The summed E-state index contributed by atoms with van der Waals surface area (Å²) in [6.45, 7) is 3.84. The van der Waals surface area contributed by atoms with E-state index in [2.05, 4.69) is 4.90 Å². The van der Waals surface area contributed by atoms with Gasteiger partial charge < -0.3 is 10.0 Å². The lowest BCUT2D eigenvalue weighted by molar-refractivity contribution is 0.0759. The van der Waals surface area contributed by atoms with E-state index in [0.29, 0.717) is 6.54 Å². The average Bonchev–Trinajstić information content (AvgIpc) is 3.02. The third kappa shape index (κ3) is 4.19. The number of benzene rings is 1. The van der Waals surface area contributed by atoms with Crippen LogP contribution >= 0.6 is 11.3 Å². The second-order valence-corrected chi connectivity index (χ2v) is 6.80. The van der Waals surface area contributed by atoms with Crippen molar-refractivity contribution < 1.29 is 9.90 Å². The van der Waals surface area contributed by atoms with Crippen LogP contribution in [0.5, 0.6) is 0 Å². The summed E-state index contributed by atoms with van der Waals surface area (Å²) in [5, 5.41) is 12.3. The van der Waals surface area contributed by atoms with Crippen LogP contribution in [0.25, 0.3) is 0 Å². The first kappa shape index (κ1) is 16.2. The molecular formula is C18H22N2O2S. The van der Waals surface area contributed by atoms with Gasteiger partial charge in [-0.05, 0) is 23.4 Å². The number of thiophene rings is 1. The molecule has 2 aromatic rings. The topological polar surface area (TPSA) is 43.8 Å². The summed E-state index contributed by atoms with van der Waals surface area (Å²) in [7, 11) is 0. The Morgan fingerprint density at radius 2 is 1.91 bits per heavy atom. The monoisotopic (exact) mass is 330 g/mol. The van der Waals surface area contributed by atoms with Gasteiger partial charge in [0.15, 0.2) is 0 Å². The van der Waals surface area contributed by atoms with E-state index in [4.69, 9.17) is 0 Å². The molecule has 1 aliphatic heterocycles. The molecule has 0 aliphatic carbocycles. The van der Waals surface area contributed by atoms with Gasteiger partial charge >= 0.3 is 0 Å². The molecule has 0 saturated carbocycles. The summed E-state index contributed by atoms with van der Waals surface area (Å²) in [5.74, 6) is 0.130. The predicted octanol–water partition coefficient (Wildman–Crippen LogP) is 2.63. The Labute approximate surface area is 141 Å². The van der Waals surface area contributed by atoms with Crippen LogP contribution in [0, 0.1) is 0 Å². The smallest absolute Gasteiger partial charge is 0.263 e. The Hall–Kier alpha value is -1.69. The first-order valence-corrected chi connectivity index (χ1v) is 8.90. The van der Waals surface area contributed by atoms with Crippen LogP contribution in [0.15, 0.2) is 47.8 Å². The largest absolute Gasteiger partial charge is 0.387 e. The molecule has 1 saturated heterocycles. The van der Waals surface area contributed by atoms with Crippen LogP contribution in [0.3, 0.4) is 0 Å². The van der Waals surface area contributed by atoms with Crippen molar-refractivity contribution in [2.75, 3.05) is 32.7 Å². The molecule has 1 aliphatic rings. The van der Waals surface area contributed by atoms with Crippen molar-refractivity contribution in [1.82, 2.24) is 9.80 Å². The third-order valence-electron chi connectivity index (χ3n) is 4.22.